The average Bonchev–Trinajstić information content (AvgIpc) is 2.49. The summed E-state index contributed by atoms with van der Waals surface area (Å²) in [4.78, 5) is 2.32. The molecule has 0 saturated heterocycles. The first-order valence-corrected chi connectivity index (χ1v) is 7.91. The van der Waals surface area contributed by atoms with Gasteiger partial charge in [0.1, 0.15) is 0 Å². The number of hydrogen-bond donors (Lipinski definition) is 0. The number of nitrogens with zero attached hydrogens (tertiary/aromatic N) is 1. The Kier molecular flexibility index (Phi) is 6.11. The molecule has 2 rings (SSSR count). The predicted molar refractivity (Wildman–Crippen MR) is 81.0 cm³/mol. The van der Waals surface area contributed by atoms with Crippen molar-refractivity contribution in [2.24, 2.45) is 0 Å². The molecule has 112 valence electrons. The smallest absolute Gasteiger partial charge is 0.169 e. The highest BCUT2D eigenvalue weighted by atomic mass is 35.5. The van der Waals surface area contributed by atoms with Gasteiger partial charge in [-0.05, 0) is 18.9 Å². The number of halogens is 2. The highest BCUT2D eigenvalue weighted by Crippen LogP contribution is 2.26. The molecule has 0 aromatic heterocycles. The van der Waals surface area contributed by atoms with E-state index in [-0.39, 0.29) is 5.82 Å². The van der Waals surface area contributed by atoms with Crippen molar-refractivity contribution in [1.82, 2.24) is 4.90 Å². The zero-order valence-corrected chi connectivity index (χ0v) is 12.8. The third-order valence-electron chi connectivity index (χ3n) is 4.10. The Morgan fingerprint density at radius 3 is 2.70 bits per heavy atom. The molecular weight excluding hydrogens is 277 g/mol. The second-order valence-electron chi connectivity index (χ2n) is 5.38. The Balaban J connectivity index is 2.10. The van der Waals surface area contributed by atoms with Gasteiger partial charge in [0, 0.05) is 30.6 Å². The van der Waals surface area contributed by atoms with Gasteiger partial charge in [-0.1, -0.05) is 31.4 Å². The van der Waals surface area contributed by atoms with Gasteiger partial charge in [-0.3, -0.25) is 4.90 Å². The second kappa shape index (κ2) is 7.84. The maximum atomic E-state index is 14.3. The van der Waals surface area contributed by atoms with Crippen molar-refractivity contribution in [3.05, 3.63) is 29.6 Å². The topological polar surface area (TPSA) is 12.5 Å². The van der Waals surface area contributed by atoms with E-state index in [0.717, 1.165) is 6.54 Å². The van der Waals surface area contributed by atoms with Crippen LogP contribution in [0.1, 0.15) is 37.7 Å². The fourth-order valence-electron chi connectivity index (χ4n) is 3.00. The van der Waals surface area contributed by atoms with E-state index in [1.54, 1.807) is 6.07 Å². The van der Waals surface area contributed by atoms with Crippen LogP contribution in [0.5, 0.6) is 5.75 Å². The number of methoxy groups -OCH3 is 1. The van der Waals surface area contributed by atoms with Gasteiger partial charge in [-0.25, -0.2) is 4.39 Å². The number of ether oxygens (including phenoxy) is 1. The molecule has 2 nitrogen and oxygen atoms in total. The number of benzene rings is 1. The third-order valence-corrected chi connectivity index (χ3v) is 4.27. The Morgan fingerprint density at radius 1 is 1.30 bits per heavy atom. The molecule has 4 heteroatoms. The summed E-state index contributed by atoms with van der Waals surface area (Å²) >= 11 is 5.92. The highest BCUT2D eigenvalue weighted by Gasteiger charge is 2.22. The van der Waals surface area contributed by atoms with Gasteiger partial charge in [0.2, 0.25) is 0 Å². The summed E-state index contributed by atoms with van der Waals surface area (Å²) in [6, 6.07) is 5.87. The summed E-state index contributed by atoms with van der Waals surface area (Å²) in [7, 11) is 1.50. The van der Waals surface area contributed by atoms with E-state index < -0.39 is 0 Å². The van der Waals surface area contributed by atoms with Gasteiger partial charge in [0.25, 0.3) is 0 Å². The molecule has 0 radical (unpaired) electrons. The van der Waals surface area contributed by atoms with Crippen LogP contribution in [0.15, 0.2) is 18.2 Å². The first-order valence-electron chi connectivity index (χ1n) is 7.37. The van der Waals surface area contributed by atoms with Crippen molar-refractivity contribution in [2.75, 3.05) is 19.5 Å². The van der Waals surface area contributed by atoms with Crippen molar-refractivity contribution in [1.29, 1.82) is 0 Å². The number of rotatable bonds is 6. The van der Waals surface area contributed by atoms with E-state index in [1.165, 1.54) is 39.2 Å². The fourth-order valence-corrected chi connectivity index (χ4v) is 3.22. The van der Waals surface area contributed by atoms with Gasteiger partial charge in [-0.2, -0.15) is 0 Å². The van der Waals surface area contributed by atoms with Crippen LogP contribution in [0.4, 0.5) is 4.39 Å². The predicted octanol–water partition coefficient (Wildman–Crippen LogP) is 4.21. The summed E-state index contributed by atoms with van der Waals surface area (Å²) in [5, 5.41) is 0. The maximum absolute atomic E-state index is 14.3. The summed E-state index contributed by atoms with van der Waals surface area (Å²) in [5.74, 6) is 0.657. The van der Waals surface area contributed by atoms with E-state index in [9.17, 15) is 4.39 Å². The van der Waals surface area contributed by atoms with Crippen LogP contribution in [-0.4, -0.2) is 30.5 Å². The minimum absolute atomic E-state index is 0.245. The molecular formula is C16H23ClFNO. The Morgan fingerprint density at radius 2 is 2.05 bits per heavy atom. The summed E-state index contributed by atoms with van der Waals surface area (Å²) in [6.45, 7) is 1.42. The average molecular weight is 300 g/mol. The Labute approximate surface area is 125 Å². The lowest BCUT2D eigenvalue weighted by molar-refractivity contribution is 0.155. The third kappa shape index (κ3) is 3.86. The van der Waals surface area contributed by atoms with Crippen LogP contribution < -0.4 is 4.74 Å². The Bertz CT molecular complexity index is 421. The molecule has 0 heterocycles. The van der Waals surface area contributed by atoms with E-state index in [1.807, 2.05) is 12.1 Å². The molecule has 0 atom stereocenters. The van der Waals surface area contributed by atoms with Crippen molar-refractivity contribution < 1.29 is 9.13 Å². The zero-order chi connectivity index (χ0) is 14.4. The van der Waals surface area contributed by atoms with Crippen LogP contribution in [0.25, 0.3) is 0 Å². The first-order chi connectivity index (χ1) is 9.76. The second-order valence-corrected chi connectivity index (χ2v) is 5.76. The van der Waals surface area contributed by atoms with Crippen LogP contribution in [0.3, 0.4) is 0 Å². The van der Waals surface area contributed by atoms with Crippen molar-refractivity contribution >= 4 is 11.6 Å². The molecule has 0 spiro atoms. The summed E-state index contributed by atoms with van der Waals surface area (Å²) < 4.78 is 19.3. The van der Waals surface area contributed by atoms with Crippen LogP contribution >= 0.6 is 11.6 Å². The lowest BCUT2D eigenvalue weighted by Crippen LogP contribution is -2.37. The first kappa shape index (κ1) is 15.6. The molecule has 1 fully saturated rings. The minimum atomic E-state index is -0.245. The molecule has 0 amide bonds. The monoisotopic (exact) mass is 299 g/mol. The molecule has 1 saturated carbocycles. The highest BCUT2D eigenvalue weighted by molar-refractivity contribution is 6.18. The van der Waals surface area contributed by atoms with E-state index >= 15 is 0 Å². The SMILES string of the molecule is COc1cccc(CN(CCCl)C2CCCCC2)c1F. The van der Waals surface area contributed by atoms with Crippen molar-refractivity contribution in [3.8, 4) is 5.75 Å². The van der Waals surface area contributed by atoms with Gasteiger partial charge < -0.3 is 4.74 Å². The molecule has 0 unspecified atom stereocenters. The minimum Gasteiger partial charge on any atom is -0.494 e. The maximum Gasteiger partial charge on any atom is 0.169 e. The molecule has 0 N–H and O–H groups in total. The number of alkyl halides is 1. The van der Waals surface area contributed by atoms with Gasteiger partial charge >= 0.3 is 0 Å². The zero-order valence-electron chi connectivity index (χ0n) is 12.1. The fraction of sp³-hybridized carbons (Fsp3) is 0.625. The van der Waals surface area contributed by atoms with Crippen LogP contribution in [0.2, 0.25) is 0 Å². The van der Waals surface area contributed by atoms with E-state index in [4.69, 9.17) is 16.3 Å². The molecule has 1 aromatic carbocycles. The van der Waals surface area contributed by atoms with Gasteiger partial charge in [0.15, 0.2) is 11.6 Å². The number of hydrogen-bond acceptors (Lipinski definition) is 2. The molecule has 0 bridgehead atoms. The normalized spacial score (nSPS) is 16.6. The van der Waals surface area contributed by atoms with E-state index in [2.05, 4.69) is 4.90 Å². The molecule has 20 heavy (non-hydrogen) atoms. The van der Waals surface area contributed by atoms with E-state index in [0.29, 0.717) is 29.8 Å². The lowest BCUT2D eigenvalue weighted by Gasteiger charge is -2.34. The summed E-state index contributed by atoms with van der Waals surface area (Å²) in [6.07, 6.45) is 6.25. The molecule has 1 aromatic rings. The van der Waals surface area contributed by atoms with Crippen molar-refractivity contribution in [2.45, 2.75) is 44.7 Å². The molecule has 1 aliphatic carbocycles. The van der Waals surface area contributed by atoms with Gasteiger partial charge in [0.05, 0.1) is 7.11 Å². The lowest BCUT2D eigenvalue weighted by atomic mass is 9.94. The standard InChI is InChI=1S/C16H23ClFNO/c1-20-15-9-5-6-13(16(15)18)12-19(11-10-17)14-7-3-2-4-8-14/h5-6,9,14H,2-4,7-8,10-12H2,1H3. The van der Waals surface area contributed by atoms with Crippen LogP contribution in [-0.2, 0) is 6.54 Å². The largest absolute Gasteiger partial charge is 0.494 e. The van der Waals surface area contributed by atoms with Crippen LogP contribution in [0, 0.1) is 5.82 Å². The van der Waals surface area contributed by atoms with Crippen molar-refractivity contribution in [3.63, 3.8) is 0 Å². The summed E-state index contributed by atoms with van der Waals surface area (Å²) in [5.41, 5.74) is 0.694. The molecule has 1 aliphatic rings. The quantitative estimate of drug-likeness (QED) is 0.730. The molecule has 0 aliphatic heterocycles. The van der Waals surface area contributed by atoms with Gasteiger partial charge in [-0.15, -0.1) is 11.6 Å². The Hall–Kier alpha value is -0.800.